The Bertz CT molecular complexity index is 1300. The zero-order valence-corrected chi connectivity index (χ0v) is 43.9. The molecule has 6 heteroatoms. The fourth-order valence-corrected chi connectivity index (χ4v) is 7.73. The van der Waals surface area contributed by atoms with Gasteiger partial charge in [0.05, 0.1) is 0 Å². The van der Waals surface area contributed by atoms with E-state index in [4.69, 9.17) is 14.2 Å². The number of carbonyl (C=O) groups is 3. The van der Waals surface area contributed by atoms with E-state index in [1.165, 1.54) is 128 Å². The van der Waals surface area contributed by atoms with Crippen LogP contribution in [0.5, 0.6) is 0 Å². The molecule has 0 aromatic carbocycles. The van der Waals surface area contributed by atoms with E-state index in [-0.39, 0.29) is 37.5 Å². The van der Waals surface area contributed by atoms with Crippen molar-refractivity contribution in [3.8, 4) is 0 Å². The summed E-state index contributed by atoms with van der Waals surface area (Å²) in [5, 5.41) is 0. The fourth-order valence-electron chi connectivity index (χ4n) is 7.73. The number of ether oxygens (including phenoxy) is 3. The Labute approximate surface area is 414 Å². The van der Waals surface area contributed by atoms with Crippen LogP contribution in [0.3, 0.4) is 0 Å². The summed E-state index contributed by atoms with van der Waals surface area (Å²) in [5.74, 6) is -0.952. The second kappa shape index (κ2) is 55.2. The van der Waals surface area contributed by atoms with Gasteiger partial charge in [0.25, 0.3) is 0 Å². The number of allylic oxidation sites excluding steroid dienone is 14. The van der Waals surface area contributed by atoms with Gasteiger partial charge in [0, 0.05) is 19.3 Å². The van der Waals surface area contributed by atoms with Crippen LogP contribution >= 0.6 is 0 Å². The second-order valence-electron chi connectivity index (χ2n) is 18.5. The van der Waals surface area contributed by atoms with Crippen LogP contribution in [0, 0.1) is 0 Å². The molecule has 0 heterocycles. The van der Waals surface area contributed by atoms with Gasteiger partial charge >= 0.3 is 17.9 Å². The summed E-state index contributed by atoms with van der Waals surface area (Å²) in [4.78, 5) is 37.9. The van der Waals surface area contributed by atoms with Crippen LogP contribution in [-0.2, 0) is 28.6 Å². The van der Waals surface area contributed by atoms with Crippen molar-refractivity contribution >= 4 is 17.9 Å². The Morgan fingerprint density at radius 1 is 0.313 bits per heavy atom. The van der Waals surface area contributed by atoms with Gasteiger partial charge in [-0.2, -0.15) is 0 Å². The smallest absolute Gasteiger partial charge is 0.306 e. The van der Waals surface area contributed by atoms with Crippen LogP contribution < -0.4 is 0 Å². The number of esters is 3. The molecule has 0 N–H and O–H groups in total. The third-order valence-electron chi connectivity index (χ3n) is 11.9. The Balaban J connectivity index is 4.35. The van der Waals surface area contributed by atoms with E-state index in [1.807, 2.05) is 0 Å². The first-order valence-electron chi connectivity index (χ1n) is 28.1. The first kappa shape index (κ1) is 63.6. The maximum Gasteiger partial charge on any atom is 0.306 e. The average Bonchev–Trinajstić information content (AvgIpc) is 3.33. The van der Waals surface area contributed by atoms with Gasteiger partial charge in [-0.15, -0.1) is 0 Å². The molecule has 0 aromatic heterocycles. The minimum absolute atomic E-state index is 0.0919. The lowest BCUT2D eigenvalue weighted by Gasteiger charge is -2.18. The molecule has 0 radical (unpaired) electrons. The molecular weight excluding hydrogens is 829 g/mol. The molecule has 0 rings (SSSR count). The summed E-state index contributed by atoms with van der Waals surface area (Å²) in [6, 6.07) is 0. The molecule has 0 aliphatic heterocycles. The largest absolute Gasteiger partial charge is 0.462 e. The average molecular weight is 933 g/mol. The number of unbranched alkanes of at least 4 members (excludes halogenated alkanes) is 25. The Hall–Kier alpha value is -3.41. The lowest BCUT2D eigenvalue weighted by molar-refractivity contribution is -0.167. The van der Waals surface area contributed by atoms with E-state index in [0.717, 1.165) is 89.9 Å². The lowest BCUT2D eigenvalue weighted by Crippen LogP contribution is -2.30. The van der Waals surface area contributed by atoms with Crippen molar-refractivity contribution in [1.82, 2.24) is 0 Å². The first-order valence-corrected chi connectivity index (χ1v) is 28.1. The van der Waals surface area contributed by atoms with Crippen LogP contribution in [-0.4, -0.2) is 37.2 Å². The van der Waals surface area contributed by atoms with Gasteiger partial charge in [-0.3, -0.25) is 14.4 Å². The minimum Gasteiger partial charge on any atom is -0.462 e. The molecule has 1 atom stereocenters. The zero-order valence-electron chi connectivity index (χ0n) is 43.9. The number of carbonyl (C=O) groups excluding carboxylic acids is 3. The van der Waals surface area contributed by atoms with Crippen molar-refractivity contribution < 1.29 is 28.6 Å². The van der Waals surface area contributed by atoms with Gasteiger partial charge in [-0.1, -0.05) is 260 Å². The van der Waals surface area contributed by atoms with Gasteiger partial charge in [0.1, 0.15) is 13.2 Å². The van der Waals surface area contributed by atoms with Crippen molar-refractivity contribution in [2.24, 2.45) is 0 Å². The topological polar surface area (TPSA) is 78.9 Å². The van der Waals surface area contributed by atoms with E-state index < -0.39 is 6.10 Å². The number of hydrogen-bond donors (Lipinski definition) is 0. The Kier molecular flexibility index (Phi) is 52.4. The van der Waals surface area contributed by atoms with E-state index in [9.17, 15) is 14.4 Å². The van der Waals surface area contributed by atoms with Crippen LogP contribution in [0.15, 0.2) is 85.1 Å². The number of rotatable bonds is 50. The van der Waals surface area contributed by atoms with E-state index in [2.05, 4.69) is 106 Å². The molecule has 0 aromatic rings. The molecule has 1 unspecified atom stereocenters. The summed E-state index contributed by atoms with van der Waals surface area (Å²) in [6.45, 7) is 6.46. The van der Waals surface area contributed by atoms with E-state index in [1.54, 1.807) is 0 Å². The summed E-state index contributed by atoms with van der Waals surface area (Å²) < 4.78 is 16.7. The maximum absolute atomic E-state index is 12.8. The van der Waals surface area contributed by atoms with Gasteiger partial charge < -0.3 is 14.2 Å². The summed E-state index contributed by atoms with van der Waals surface area (Å²) in [6.07, 6.45) is 71.6. The molecule has 0 spiro atoms. The maximum atomic E-state index is 12.8. The summed E-state index contributed by atoms with van der Waals surface area (Å²) >= 11 is 0. The molecule has 0 aliphatic rings. The molecule has 67 heavy (non-hydrogen) atoms. The molecule has 0 amide bonds. The van der Waals surface area contributed by atoms with Crippen LogP contribution in [0.4, 0.5) is 0 Å². The van der Waals surface area contributed by atoms with Crippen LogP contribution in [0.1, 0.15) is 265 Å². The summed E-state index contributed by atoms with van der Waals surface area (Å²) in [5.41, 5.74) is 0. The molecule has 0 aliphatic carbocycles. The monoisotopic (exact) mass is 933 g/mol. The highest BCUT2D eigenvalue weighted by atomic mass is 16.6. The van der Waals surface area contributed by atoms with Crippen molar-refractivity contribution in [3.63, 3.8) is 0 Å². The molecule has 0 saturated carbocycles. The molecule has 384 valence electrons. The van der Waals surface area contributed by atoms with Crippen molar-refractivity contribution in [2.75, 3.05) is 13.2 Å². The van der Waals surface area contributed by atoms with Crippen LogP contribution in [0.2, 0.25) is 0 Å². The zero-order chi connectivity index (χ0) is 48.6. The molecule has 0 fully saturated rings. The van der Waals surface area contributed by atoms with Gasteiger partial charge in [0.15, 0.2) is 6.10 Å². The van der Waals surface area contributed by atoms with Gasteiger partial charge in [-0.05, 0) is 70.6 Å². The van der Waals surface area contributed by atoms with Crippen LogP contribution in [0.25, 0.3) is 0 Å². The van der Waals surface area contributed by atoms with Crippen molar-refractivity contribution in [2.45, 2.75) is 271 Å². The lowest BCUT2D eigenvalue weighted by atomic mass is 10.0. The highest BCUT2D eigenvalue weighted by Gasteiger charge is 2.19. The SMILES string of the molecule is CC/C=C\C/C=C\C/C=C\C/C=C\C/C=C\C/C=C\C/C=C\CCCC(=O)OCC(COC(=O)CCCCCCCCCC)OC(=O)CCCCCCCCCCCCCCCCCCCC. The Morgan fingerprint density at radius 3 is 0.910 bits per heavy atom. The molecule has 6 nitrogen and oxygen atoms in total. The predicted molar refractivity (Wildman–Crippen MR) is 288 cm³/mol. The van der Waals surface area contributed by atoms with Crippen molar-refractivity contribution in [1.29, 1.82) is 0 Å². The minimum atomic E-state index is -0.796. The molecule has 0 bridgehead atoms. The Morgan fingerprint density at radius 2 is 0.582 bits per heavy atom. The van der Waals surface area contributed by atoms with Crippen molar-refractivity contribution in [3.05, 3.63) is 85.1 Å². The van der Waals surface area contributed by atoms with E-state index in [0.29, 0.717) is 19.3 Å². The standard InChI is InChI=1S/C61H104O6/c1-4-7-10-13-16-19-21-23-25-27-29-30-31-32-33-35-36-38-40-42-45-48-51-54-60(63)66-57-58(56-65-59(62)53-50-47-44-18-15-12-9-6-3)67-61(64)55-52-49-46-43-41-39-37-34-28-26-24-22-20-17-14-11-8-5-2/h7,10,16,19,23,25,29-30,32-33,36,38,42,45,58H,4-6,8-9,11-15,17-18,20-22,24,26-28,31,34-35,37,39-41,43-44,46-57H2,1-3H3/b10-7-,19-16-,25-23-,30-29-,33-32-,38-36-,45-42-. The second-order valence-corrected chi connectivity index (χ2v) is 18.5. The molecule has 0 saturated heterocycles. The van der Waals surface area contributed by atoms with Gasteiger partial charge in [-0.25, -0.2) is 0 Å². The van der Waals surface area contributed by atoms with E-state index >= 15 is 0 Å². The number of hydrogen-bond acceptors (Lipinski definition) is 6. The normalized spacial score (nSPS) is 12.7. The summed E-state index contributed by atoms with van der Waals surface area (Å²) in [7, 11) is 0. The molecular formula is C61H104O6. The predicted octanol–water partition coefficient (Wildman–Crippen LogP) is 18.8. The third-order valence-corrected chi connectivity index (χ3v) is 11.9. The quantitative estimate of drug-likeness (QED) is 0.0262. The van der Waals surface area contributed by atoms with Gasteiger partial charge in [0.2, 0.25) is 0 Å². The highest BCUT2D eigenvalue weighted by Crippen LogP contribution is 2.16. The fraction of sp³-hybridized carbons (Fsp3) is 0.721. The third kappa shape index (κ3) is 53.4. The first-order chi connectivity index (χ1) is 33.0. The highest BCUT2D eigenvalue weighted by molar-refractivity contribution is 5.71.